The number of carbonyl (C=O) groups is 1. The fourth-order valence-corrected chi connectivity index (χ4v) is 5.06. The molecule has 156 valence electrons. The topological polar surface area (TPSA) is 48.0 Å². The Morgan fingerprint density at radius 2 is 1.85 bits per heavy atom. The highest BCUT2D eigenvalue weighted by atomic mass is 16.6. The number of rotatable bonds is 3. The van der Waals surface area contributed by atoms with Crippen molar-refractivity contribution in [3.8, 4) is 0 Å². The smallest absolute Gasteiger partial charge is 0.412 e. The van der Waals surface area contributed by atoms with E-state index in [1.54, 1.807) is 0 Å². The highest BCUT2D eigenvalue weighted by molar-refractivity contribution is 5.70. The molecule has 2 aliphatic heterocycles. The first-order valence-electron chi connectivity index (χ1n) is 10.9. The van der Waals surface area contributed by atoms with Gasteiger partial charge in [-0.2, -0.15) is 0 Å². The minimum Gasteiger partial charge on any atom is -0.444 e. The molecule has 4 atom stereocenters. The van der Waals surface area contributed by atoms with E-state index >= 15 is 0 Å². The second-order valence-corrected chi connectivity index (χ2v) is 10.4. The molecule has 2 saturated heterocycles. The minimum atomic E-state index is -0.679. The van der Waals surface area contributed by atoms with Crippen molar-refractivity contribution in [2.75, 3.05) is 6.61 Å². The van der Waals surface area contributed by atoms with Crippen LogP contribution >= 0.6 is 0 Å². The second kappa shape index (κ2) is 7.90. The minimum absolute atomic E-state index is 0.0215. The predicted molar refractivity (Wildman–Crippen MR) is 106 cm³/mol. The van der Waals surface area contributed by atoms with Crippen LogP contribution in [0.4, 0.5) is 4.79 Å². The second-order valence-electron chi connectivity index (χ2n) is 10.4. The molecule has 1 amide bonds. The van der Waals surface area contributed by atoms with Gasteiger partial charge in [-0.15, -0.1) is 0 Å². The van der Waals surface area contributed by atoms with Crippen LogP contribution in [0, 0.1) is 11.8 Å². The van der Waals surface area contributed by atoms with Crippen LogP contribution in [0.3, 0.4) is 0 Å². The summed E-state index contributed by atoms with van der Waals surface area (Å²) in [4.78, 5) is 15.0. The molecule has 4 unspecified atom stereocenters. The van der Waals surface area contributed by atoms with Gasteiger partial charge in [-0.25, -0.2) is 4.79 Å². The summed E-state index contributed by atoms with van der Waals surface area (Å²) in [6.45, 7) is 12.8. The first-order chi connectivity index (χ1) is 12.6. The molecule has 0 aromatic rings. The summed E-state index contributed by atoms with van der Waals surface area (Å²) in [5.74, 6) is 1.21. The van der Waals surface area contributed by atoms with E-state index in [2.05, 4.69) is 6.92 Å². The summed E-state index contributed by atoms with van der Waals surface area (Å²) in [5, 5.41) is 0. The number of hydrogen-bond donors (Lipinski definition) is 0. The highest BCUT2D eigenvalue weighted by Crippen LogP contribution is 2.42. The van der Waals surface area contributed by atoms with Crippen LogP contribution in [0.2, 0.25) is 0 Å². The lowest BCUT2D eigenvalue weighted by molar-refractivity contribution is -0.106. The van der Waals surface area contributed by atoms with Gasteiger partial charge in [-0.3, -0.25) is 4.90 Å². The van der Waals surface area contributed by atoms with Crippen molar-refractivity contribution in [3.63, 3.8) is 0 Å². The summed E-state index contributed by atoms with van der Waals surface area (Å²) >= 11 is 0. The number of carbonyl (C=O) groups excluding carboxylic acids is 1. The Morgan fingerprint density at radius 3 is 2.41 bits per heavy atom. The zero-order valence-corrected chi connectivity index (χ0v) is 18.1. The van der Waals surface area contributed by atoms with Crippen LogP contribution in [-0.4, -0.2) is 47.2 Å². The maximum Gasteiger partial charge on any atom is 0.412 e. The van der Waals surface area contributed by atoms with Gasteiger partial charge in [0.25, 0.3) is 0 Å². The normalized spacial score (nSPS) is 34.8. The van der Waals surface area contributed by atoms with E-state index in [-0.39, 0.29) is 24.3 Å². The van der Waals surface area contributed by atoms with E-state index in [1.165, 1.54) is 32.1 Å². The summed E-state index contributed by atoms with van der Waals surface area (Å²) in [7, 11) is 0. The zero-order chi connectivity index (χ0) is 19.8. The van der Waals surface area contributed by atoms with Crippen LogP contribution in [0.1, 0.15) is 86.5 Å². The van der Waals surface area contributed by atoms with Crippen molar-refractivity contribution in [2.24, 2.45) is 11.8 Å². The Hall–Kier alpha value is -0.810. The van der Waals surface area contributed by atoms with Crippen LogP contribution in [0.5, 0.6) is 0 Å². The van der Waals surface area contributed by atoms with Crippen molar-refractivity contribution >= 4 is 6.09 Å². The van der Waals surface area contributed by atoms with Gasteiger partial charge in [0.15, 0.2) is 0 Å². The number of nitrogens with zero attached hydrogens (tertiary/aromatic N) is 1. The van der Waals surface area contributed by atoms with Crippen molar-refractivity contribution in [1.29, 1.82) is 0 Å². The van der Waals surface area contributed by atoms with Crippen molar-refractivity contribution < 1.29 is 19.0 Å². The summed E-state index contributed by atoms with van der Waals surface area (Å²) < 4.78 is 18.3. The molecule has 3 rings (SSSR count). The largest absolute Gasteiger partial charge is 0.444 e. The van der Waals surface area contributed by atoms with E-state index in [4.69, 9.17) is 14.2 Å². The van der Waals surface area contributed by atoms with Gasteiger partial charge in [0.05, 0.1) is 12.1 Å². The van der Waals surface area contributed by atoms with Gasteiger partial charge in [-0.1, -0.05) is 39.0 Å². The average Bonchev–Trinajstić information content (AvgIpc) is 3.07. The van der Waals surface area contributed by atoms with Gasteiger partial charge in [0.1, 0.15) is 17.4 Å². The standard InChI is InChI=1S/C22H39NO4/c1-15-12-18(25-14-15)19-17(13-16-10-8-7-9-11-16)23(22(5,6)26-19)20(24)27-21(2,3)4/h15-19H,7-14H2,1-6H3. The summed E-state index contributed by atoms with van der Waals surface area (Å²) in [5.41, 5.74) is -1.19. The maximum atomic E-state index is 13.1. The molecule has 5 heteroatoms. The van der Waals surface area contributed by atoms with Gasteiger partial charge in [-0.05, 0) is 59.3 Å². The molecule has 3 fully saturated rings. The molecular formula is C22H39NO4. The molecular weight excluding hydrogens is 342 g/mol. The maximum absolute atomic E-state index is 13.1. The fourth-order valence-electron chi connectivity index (χ4n) is 5.06. The van der Waals surface area contributed by atoms with Gasteiger partial charge in [0, 0.05) is 6.61 Å². The molecule has 2 heterocycles. The molecule has 1 saturated carbocycles. The number of hydrogen-bond acceptors (Lipinski definition) is 4. The van der Waals surface area contributed by atoms with Gasteiger partial charge >= 0.3 is 6.09 Å². The van der Waals surface area contributed by atoms with E-state index in [9.17, 15) is 4.79 Å². The van der Waals surface area contributed by atoms with E-state index in [0.717, 1.165) is 19.4 Å². The molecule has 0 spiro atoms. The Morgan fingerprint density at radius 1 is 1.19 bits per heavy atom. The van der Waals surface area contributed by atoms with Crippen LogP contribution < -0.4 is 0 Å². The third kappa shape index (κ3) is 4.97. The monoisotopic (exact) mass is 381 g/mol. The average molecular weight is 382 g/mol. The molecule has 0 radical (unpaired) electrons. The quantitative estimate of drug-likeness (QED) is 0.680. The van der Waals surface area contributed by atoms with Gasteiger partial charge < -0.3 is 14.2 Å². The molecule has 0 N–H and O–H groups in total. The van der Waals surface area contributed by atoms with Crippen molar-refractivity contribution in [3.05, 3.63) is 0 Å². The highest BCUT2D eigenvalue weighted by Gasteiger charge is 2.54. The van der Waals surface area contributed by atoms with Crippen LogP contribution in [-0.2, 0) is 14.2 Å². The molecule has 5 nitrogen and oxygen atoms in total. The lowest BCUT2D eigenvalue weighted by Gasteiger charge is -2.37. The first kappa shape index (κ1) is 20.9. The van der Waals surface area contributed by atoms with Crippen molar-refractivity contribution in [2.45, 2.75) is 116 Å². The summed E-state index contributed by atoms with van der Waals surface area (Å²) in [6.07, 6.45) is 8.19. The third-order valence-electron chi connectivity index (χ3n) is 6.20. The molecule has 1 aliphatic carbocycles. The third-order valence-corrected chi connectivity index (χ3v) is 6.20. The molecule has 27 heavy (non-hydrogen) atoms. The van der Waals surface area contributed by atoms with E-state index in [0.29, 0.717) is 11.8 Å². The Bertz CT molecular complexity index is 521. The molecule has 0 aromatic heterocycles. The molecule has 0 aromatic carbocycles. The molecule has 0 bridgehead atoms. The SMILES string of the molecule is CC1COC(C2OC(C)(C)N(C(=O)OC(C)(C)C)C2CC2CCCCC2)C1. The lowest BCUT2D eigenvalue weighted by atomic mass is 9.82. The summed E-state index contributed by atoms with van der Waals surface area (Å²) in [6, 6.07) is 0.0215. The van der Waals surface area contributed by atoms with E-state index < -0.39 is 11.3 Å². The van der Waals surface area contributed by atoms with Crippen molar-refractivity contribution in [1.82, 2.24) is 4.90 Å². The van der Waals surface area contributed by atoms with Crippen LogP contribution in [0.25, 0.3) is 0 Å². The van der Waals surface area contributed by atoms with E-state index in [1.807, 2.05) is 39.5 Å². The first-order valence-corrected chi connectivity index (χ1v) is 10.9. The zero-order valence-electron chi connectivity index (χ0n) is 18.1. The van der Waals surface area contributed by atoms with Gasteiger partial charge in [0.2, 0.25) is 0 Å². The Balaban J connectivity index is 1.83. The fraction of sp³-hybridized carbons (Fsp3) is 0.955. The Kier molecular flexibility index (Phi) is 6.12. The Labute approximate surface area is 165 Å². The van der Waals surface area contributed by atoms with Crippen LogP contribution in [0.15, 0.2) is 0 Å². The predicted octanol–water partition coefficient (Wildman–Crippen LogP) is 5.12. The number of amides is 1. The molecule has 3 aliphatic rings. The lowest BCUT2D eigenvalue weighted by Crippen LogP contribution is -2.51. The number of ether oxygens (including phenoxy) is 3.